The van der Waals surface area contributed by atoms with Crippen LogP contribution in [0.2, 0.25) is 0 Å². The molecule has 16 heavy (non-hydrogen) atoms. The molecule has 0 amide bonds. The Hall–Kier alpha value is -0.680. The second kappa shape index (κ2) is 5.59. The normalized spacial score (nSPS) is 29.5. The van der Waals surface area contributed by atoms with Gasteiger partial charge in [-0.3, -0.25) is 0 Å². The summed E-state index contributed by atoms with van der Waals surface area (Å²) in [6.45, 7) is 1.02. The number of aliphatic hydroxyl groups excluding tert-OH is 1. The molecular formula is C11H19FO4. The van der Waals surface area contributed by atoms with Crippen LogP contribution in [0.25, 0.3) is 0 Å². The monoisotopic (exact) mass is 234 g/mol. The van der Waals surface area contributed by atoms with Gasteiger partial charge in [0.15, 0.2) is 0 Å². The summed E-state index contributed by atoms with van der Waals surface area (Å²) in [5.41, 5.74) is 0. The molecular weight excluding hydrogens is 215 g/mol. The van der Waals surface area contributed by atoms with Crippen LogP contribution >= 0.6 is 0 Å². The Labute approximate surface area is 94.4 Å². The molecule has 5 heteroatoms. The van der Waals surface area contributed by atoms with Crippen LogP contribution in [0.15, 0.2) is 0 Å². The first-order chi connectivity index (χ1) is 7.43. The molecule has 0 aliphatic heterocycles. The minimum Gasteiger partial charge on any atom is -0.461 e. The number of carbonyl (C=O) groups is 1. The highest BCUT2D eigenvalue weighted by Gasteiger charge is 2.32. The van der Waals surface area contributed by atoms with Crippen molar-refractivity contribution in [2.75, 3.05) is 13.2 Å². The summed E-state index contributed by atoms with van der Waals surface area (Å²) >= 11 is 0. The van der Waals surface area contributed by atoms with E-state index in [0.717, 1.165) is 32.6 Å². The minimum atomic E-state index is -2.91. The molecule has 0 heterocycles. The summed E-state index contributed by atoms with van der Waals surface area (Å²) in [6, 6.07) is 0. The highest BCUT2D eigenvalue weighted by molar-refractivity contribution is 5.76. The standard InChI is InChI=1S/C11H19FO4/c1-11(12,15)10(14)16-7-9-4-2-3-8(5-9)6-13/h8-9,13,15H,2-7H2,1H3. The Morgan fingerprint density at radius 1 is 1.50 bits per heavy atom. The van der Waals surface area contributed by atoms with Crippen LogP contribution in [0.5, 0.6) is 0 Å². The van der Waals surface area contributed by atoms with Gasteiger partial charge in [0.2, 0.25) is 0 Å². The van der Waals surface area contributed by atoms with Crippen molar-refractivity contribution in [2.24, 2.45) is 11.8 Å². The Balaban J connectivity index is 2.30. The van der Waals surface area contributed by atoms with Crippen molar-refractivity contribution < 1.29 is 24.1 Å². The molecule has 0 bridgehead atoms. The molecule has 94 valence electrons. The second-order valence-corrected chi connectivity index (χ2v) is 4.63. The lowest BCUT2D eigenvalue weighted by Gasteiger charge is -2.27. The van der Waals surface area contributed by atoms with Crippen LogP contribution in [0.4, 0.5) is 4.39 Å². The fourth-order valence-corrected chi connectivity index (χ4v) is 2.04. The predicted octanol–water partition coefficient (Wildman–Crippen LogP) is 1.01. The predicted molar refractivity (Wildman–Crippen MR) is 55.2 cm³/mol. The number of halogens is 1. The van der Waals surface area contributed by atoms with Gasteiger partial charge in [-0.15, -0.1) is 0 Å². The maximum absolute atomic E-state index is 12.7. The van der Waals surface area contributed by atoms with Gasteiger partial charge in [0.25, 0.3) is 0 Å². The Kier molecular flexibility index (Phi) is 4.68. The quantitative estimate of drug-likeness (QED) is 0.712. The third kappa shape index (κ3) is 4.06. The molecule has 0 aromatic carbocycles. The Bertz CT molecular complexity index is 237. The van der Waals surface area contributed by atoms with E-state index in [-0.39, 0.29) is 25.0 Å². The Morgan fingerprint density at radius 3 is 2.69 bits per heavy atom. The van der Waals surface area contributed by atoms with E-state index >= 15 is 0 Å². The molecule has 1 aliphatic carbocycles. The molecule has 4 nitrogen and oxygen atoms in total. The van der Waals surface area contributed by atoms with Gasteiger partial charge in [0.1, 0.15) is 0 Å². The van der Waals surface area contributed by atoms with Gasteiger partial charge in [-0.05, 0) is 31.1 Å². The van der Waals surface area contributed by atoms with Crippen molar-refractivity contribution in [3.05, 3.63) is 0 Å². The molecule has 0 radical (unpaired) electrons. The number of ether oxygens (including phenoxy) is 1. The molecule has 3 atom stereocenters. The lowest BCUT2D eigenvalue weighted by Crippen LogP contribution is -2.33. The summed E-state index contributed by atoms with van der Waals surface area (Å²) in [7, 11) is 0. The summed E-state index contributed by atoms with van der Waals surface area (Å²) in [5.74, 6) is -3.73. The van der Waals surface area contributed by atoms with E-state index in [9.17, 15) is 9.18 Å². The summed E-state index contributed by atoms with van der Waals surface area (Å²) < 4.78 is 17.4. The van der Waals surface area contributed by atoms with Crippen LogP contribution in [0.1, 0.15) is 32.6 Å². The van der Waals surface area contributed by atoms with Gasteiger partial charge < -0.3 is 14.9 Å². The maximum atomic E-state index is 12.7. The highest BCUT2D eigenvalue weighted by Crippen LogP contribution is 2.29. The van der Waals surface area contributed by atoms with Gasteiger partial charge in [0, 0.05) is 13.5 Å². The van der Waals surface area contributed by atoms with Crippen LogP contribution in [0, 0.1) is 11.8 Å². The molecule has 1 saturated carbocycles. The smallest absolute Gasteiger partial charge is 0.371 e. The third-order valence-electron chi connectivity index (χ3n) is 2.97. The summed E-state index contributed by atoms with van der Waals surface area (Å²) in [6.07, 6.45) is 3.68. The van der Waals surface area contributed by atoms with E-state index in [1.807, 2.05) is 0 Å². The molecule has 3 unspecified atom stereocenters. The zero-order valence-corrected chi connectivity index (χ0v) is 9.49. The van der Waals surface area contributed by atoms with E-state index < -0.39 is 11.8 Å². The van der Waals surface area contributed by atoms with Crippen molar-refractivity contribution in [2.45, 2.75) is 38.5 Å². The van der Waals surface area contributed by atoms with E-state index in [1.165, 1.54) is 0 Å². The number of alkyl halides is 1. The number of esters is 1. The first kappa shape index (κ1) is 13.4. The number of hydrogen-bond donors (Lipinski definition) is 2. The average molecular weight is 234 g/mol. The maximum Gasteiger partial charge on any atom is 0.371 e. The lowest BCUT2D eigenvalue weighted by atomic mass is 9.82. The van der Waals surface area contributed by atoms with E-state index in [2.05, 4.69) is 0 Å². The topological polar surface area (TPSA) is 66.8 Å². The highest BCUT2D eigenvalue weighted by atomic mass is 19.2. The van der Waals surface area contributed by atoms with E-state index in [0.29, 0.717) is 0 Å². The first-order valence-corrected chi connectivity index (χ1v) is 5.63. The van der Waals surface area contributed by atoms with Gasteiger partial charge in [-0.2, -0.15) is 4.39 Å². The first-order valence-electron chi connectivity index (χ1n) is 5.63. The summed E-state index contributed by atoms with van der Waals surface area (Å²) in [4.78, 5) is 11.0. The van der Waals surface area contributed by atoms with Gasteiger partial charge in [-0.1, -0.05) is 6.42 Å². The largest absolute Gasteiger partial charge is 0.461 e. The van der Waals surface area contributed by atoms with Crippen molar-refractivity contribution in [3.63, 3.8) is 0 Å². The van der Waals surface area contributed by atoms with Crippen molar-refractivity contribution in [1.82, 2.24) is 0 Å². The van der Waals surface area contributed by atoms with Crippen molar-refractivity contribution in [1.29, 1.82) is 0 Å². The number of carbonyl (C=O) groups excluding carboxylic acids is 1. The fourth-order valence-electron chi connectivity index (χ4n) is 2.04. The van der Waals surface area contributed by atoms with Crippen LogP contribution < -0.4 is 0 Å². The van der Waals surface area contributed by atoms with Gasteiger partial charge >= 0.3 is 11.8 Å². The van der Waals surface area contributed by atoms with E-state index in [1.54, 1.807) is 0 Å². The molecule has 0 spiro atoms. The lowest BCUT2D eigenvalue weighted by molar-refractivity contribution is -0.184. The SMILES string of the molecule is CC(O)(F)C(=O)OCC1CCCC(CO)C1. The van der Waals surface area contributed by atoms with Crippen LogP contribution in [-0.2, 0) is 9.53 Å². The number of aliphatic hydroxyl groups is 2. The van der Waals surface area contributed by atoms with Gasteiger partial charge in [0.05, 0.1) is 6.61 Å². The number of hydrogen-bond acceptors (Lipinski definition) is 4. The minimum absolute atomic E-state index is 0.120. The molecule has 1 aliphatic rings. The molecule has 1 fully saturated rings. The van der Waals surface area contributed by atoms with Crippen molar-refractivity contribution >= 4 is 5.97 Å². The zero-order chi connectivity index (χ0) is 12.2. The average Bonchev–Trinajstić information content (AvgIpc) is 2.25. The summed E-state index contributed by atoms with van der Waals surface area (Å²) in [5, 5.41) is 17.7. The molecule has 1 rings (SSSR count). The Morgan fingerprint density at radius 2 is 2.12 bits per heavy atom. The zero-order valence-electron chi connectivity index (χ0n) is 9.49. The van der Waals surface area contributed by atoms with Gasteiger partial charge in [-0.25, -0.2) is 4.79 Å². The van der Waals surface area contributed by atoms with Crippen molar-refractivity contribution in [3.8, 4) is 0 Å². The molecule has 0 aromatic rings. The number of rotatable bonds is 4. The molecule has 0 saturated heterocycles. The van der Waals surface area contributed by atoms with Crippen LogP contribution in [-0.4, -0.2) is 35.3 Å². The molecule has 0 aromatic heterocycles. The molecule has 2 N–H and O–H groups in total. The van der Waals surface area contributed by atoms with Crippen LogP contribution in [0.3, 0.4) is 0 Å². The third-order valence-corrected chi connectivity index (χ3v) is 2.97. The second-order valence-electron chi connectivity index (χ2n) is 4.63. The fraction of sp³-hybridized carbons (Fsp3) is 0.909. The van der Waals surface area contributed by atoms with E-state index in [4.69, 9.17) is 14.9 Å².